The first kappa shape index (κ1) is 16.5. The third-order valence-corrected chi connectivity index (χ3v) is 4.37. The first-order chi connectivity index (χ1) is 11.6. The number of benzene rings is 1. The molecule has 1 aromatic carbocycles. The van der Waals surface area contributed by atoms with Crippen LogP contribution in [0.3, 0.4) is 0 Å². The van der Waals surface area contributed by atoms with Gasteiger partial charge in [-0.05, 0) is 55.9 Å². The molecular weight excluding hydrogens is 310 g/mol. The average molecular weight is 331 g/mol. The van der Waals surface area contributed by atoms with Crippen molar-refractivity contribution in [2.75, 3.05) is 18.5 Å². The zero-order chi connectivity index (χ0) is 16.9. The van der Waals surface area contributed by atoms with Crippen LogP contribution < -0.4 is 5.32 Å². The van der Waals surface area contributed by atoms with Crippen molar-refractivity contribution in [2.24, 2.45) is 5.92 Å². The molecule has 1 aliphatic heterocycles. The predicted octanol–water partition coefficient (Wildman–Crippen LogP) is 3.67. The molecule has 2 aromatic rings. The summed E-state index contributed by atoms with van der Waals surface area (Å²) >= 11 is 0. The Morgan fingerprint density at radius 3 is 2.75 bits per heavy atom. The fourth-order valence-electron chi connectivity index (χ4n) is 3.04. The number of carboxylic acids is 1. The molecule has 1 amide bonds. The molecule has 6 heteroatoms. The van der Waals surface area contributed by atoms with Gasteiger partial charge in [0.05, 0.1) is 0 Å². The Labute approximate surface area is 139 Å². The van der Waals surface area contributed by atoms with Gasteiger partial charge in [-0.25, -0.2) is 4.79 Å². The number of hydrogen-bond acceptors (Lipinski definition) is 4. The van der Waals surface area contributed by atoms with Gasteiger partial charge < -0.3 is 19.6 Å². The zero-order valence-electron chi connectivity index (χ0n) is 13.4. The van der Waals surface area contributed by atoms with Crippen LogP contribution in [0.2, 0.25) is 0 Å². The van der Waals surface area contributed by atoms with Gasteiger partial charge in [-0.2, -0.15) is 0 Å². The fraction of sp³-hybridized carbons (Fsp3) is 0.444. The van der Waals surface area contributed by atoms with Crippen LogP contribution in [0.4, 0.5) is 5.69 Å². The molecule has 1 aromatic heterocycles. The van der Waals surface area contributed by atoms with E-state index >= 15 is 0 Å². The van der Waals surface area contributed by atoms with Gasteiger partial charge in [0.2, 0.25) is 11.7 Å². The Bertz CT molecular complexity index is 730. The third kappa shape index (κ3) is 4.14. The maximum absolute atomic E-state index is 12.1. The van der Waals surface area contributed by atoms with Crippen LogP contribution >= 0.6 is 0 Å². The van der Waals surface area contributed by atoms with E-state index in [1.54, 1.807) is 18.2 Å². The van der Waals surface area contributed by atoms with Crippen molar-refractivity contribution in [1.29, 1.82) is 0 Å². The van der Waals surface area contributed by atoms with Crippen LogP contribution in [0.15, 0.2) is 28.7 Å². The lowest BCUT2D eigenvalue weighted by Crippen LogP contribution is -2.16. The number of carbonyl (C=O) groups excluding carboxylic acids is 1. The summed E-state index contributed by atoms with van der Waals surface area (Å²) in [4.78, 5) is 23.0. The second-order valence-electron chi connectivity index (χ2n) is 6.16. The summed E-state index contributed by atoms with van der Waals surface area (Å²) in [7, 11) is 0. The van der Waals surface area contributed by atoms with E-state index in [2.05, 4.69) is 5.32 Å². The van der Waals surface area contributed by atoms with Crippen molar-refractivity contribution in [3.63, 3.8) is 0 Å². The van der Waals surface area contributed by atoms with E-state index < -0.39 is 5.97 Å². The number of carboxylic acid groups (broad SMARTS) is 1. The second-order valence-corrected chi connectivity index (χ2v) is 6.16. The lowest BCUT2D eigenvalue weighted by Gasteiger charge is -2.21. The topological polar surface area (TPSA) is 88.8 Å². The van der Waals surface area contributed by atoms with E-state index in [1.165, 1.54) is 6.07 Å². The lowest BCUT2D eigenvalue weighted by atomic mass is 9.94. The summed E-state index contributed by atoms with van der Waals surface area (Å²) in [6, 6.07) is 6.56. The number of nitrogens with one attached hydrogen (secondary N) is 1. The van der Waals surface area contributed by atoms with Gasteiger partial charge in [-0.3, -0.25) is 4.79 Å². The van der Waals surface area contributed by atoms with E-state index in [-0.39, 0.29) is 11.7 Å². The monoisotopic (exact) mass is 331 g/mol. The first-order valence-corrected chi connectivity index (χ1v) is 8.26. The predicted molar refractivity (Wildman–Crippen MR) is 89.2 cm³/mol. The van der Waals surface area contributed by atoms with Crippen LogP contribution in [0.5, 0.6) is 0 Å². The Balaban J connectivity index is 1.52. The summed E-state index contributed by atoms with van der Waals surface area (Å²) in [5.41, 5.74) is 1.14. The van der Waals surface area contributed by atoms with E-state index in [0.29, 0.717) is 29.0 Å². The molecule has 0 bridgehead atoms. The van der Waals surface area contributed by atoms with Gasteiger partial charge >= 0.3 is 5.97 Å². The van der Waals surface area contributed by atoms with Crippen LogP contribution in [0, 0.1) is 5.92 Å². The largest absolute Gasteiger partial charge is 0.475 e. The minimum Gasteiger partial charge on any atom is -0.475 e. The van der Waals surface area contributed by atoms with Crippen molar-refractivity contribution in [1.82, 2.24) is 0 Å². The highest BCUT2D eigenvalue weighted by molar-refractivity contribution is 5.95. The standard InChI is InChI=1S/C18H21NO5/c20-17(3-1-2-12-6-8-23-9-7-12)19-14-4-5-15-13(10-14)11-16(24-15)18(21)22/h4-5,10-12H,1-3,6-9H2,(H,19,20)(H,21,22). The molecule has 0 radical (unpaired) electrons. The van der Waals surface area contributed by atoms with Crippen LogP contribution in [0.25, 0.3) is 11.0 Å². The van der Waals surface area contributed by atoms with E-state index in [9.17, 15) is 9.59 Å². The van der Waals surface area contributed by atoms with E-state index in [1.807, 2.05) is 0 Å². The van der Waals surface area contributed by atoms with Gasteiger partial charge in [0.1, 0.15) is 5.58 Å². The molecule has 1 aliphatic rings. The summed E-state index contributed by atoms with van der Waals surface area (Å²) in [6.45, 7) is 1.67. The number of hydrogen-bond donors (Lipinski definition) is 2. The number of rotatable bonds is 6. The molecule has 0 aliphatic carbocycles. The Morgan fingerprint density at radius 2 is 2.00 bits per heavy atom. The molecule has 0 saturated carbocycles. The van der Waals surface area contributed by atoms with Gasteiger partial charge in [-0.1, -0.05) is 0 Å². The van der Waals surface area contributed by atoms with Gasteiger partial charge in [0, 0.05) is 30.7 Å². The molecule has 0 unspecified atom stereocenters. The summed E-state index contributed by atoms with van der Waals surface area (Å²) < 4.78 is 10.5. The number of aromatic carboxylic acids is 1. The van der Waals surface area contributed by atoms with Gasteiger partial charge in [0.15, 0.2) is 0 Å². The van der Waals surface area contributed by atoms with Crippen molar-refractivity contribution < 1.29 is 23.8 Å². The zero-order valence-corrected chi connectivity index (χ0v) is 13.4. The molecule has 128 valence electrons. The van der Waals surface area contributed by atoms with E-state index in [4.69, 9.17) is 14.3 Å². The summed E-state index contributed by atoms with van der Waals surface area (Å²) in [6.07, 6.45) is 4.59. The normalized spacial score (nSPS) is 15.5. The highest BCUT2D eigenvalue weighted by Gasteiger charge is 2.14. The van der Waals surface area contributed by atoms with Crippen molar-refractivity contribution in [2.45, 2.75) is 32.1 Å². The van der Waals surface area contributed by atoms with Gasteiger partial charge in [0.25, 0.3) is 0 Å². The molecule has 2 N–H and O–H groups in total. The van der Waals surface area contributed by atoms with Crippen LogP contribution in [-0.2, 0) is 9.53 Å². The molecule has 2 heterocycles. The number of fused-ring (bicyclic) bond motifs is 1. The first-order valence-electron chi connectivity index (χ1n) is 8.26. The Hall–Kier alpha value is -2.34. The van der Waals surface area contributed by atoms with Crippen LogP contribution in [-0.4, -0.2) is 30.2 Å². The van der Waals surface area contributed by atoms with Crippen molar-refractivity contribution in [3.05, 3.63) is 30.0 Å². The summed E-state index contributed by atoms with van der Waals surface area (Å²) in [5, 5.41) is 12.5. The molecule has 0 spiro atoms. The Kier molecular flexibility index (Phi) is 5.15. The van der Waals surface area contributed by atoms with Crippen molar-refractivity contribution >= 4 is 28.5 Å². The lowest BCUT2D eigenvalue weighted by molar-refractivity contribution is -0.116. The maximum atomic E-state index is 12.1. The molecule has 1 fully saturated rings. The molecule has 0 atom stereocenters. The third-order valence-electron chi connectivity index (χ3n) is 4.37. The molecule has 1 saturated heterocycles. The number of carbonyl (C=O) groups is 2. The van der Waals surface area contributed by atoms with E-state index in [0.717, 1.165) is 38.9 Å². The smallest absolute Gasteiger partial charge is 0.371 e. The number of ether oxygens (including phenoxy) is 1. The molecular formula is C18H21NO5. The number of amides is 1. The maximum Gasteiger partial charge on any atom is 0.371 e. The average Bonchev–Trinajstić information content (AvgIpc) is 2.99. The van der Waals surface area contributed by atoms with Gasteiger partial charge in [-0.15, -0.1) is 0 Å². The second kappa shape index (κ2) is 7.49. The SMILES string of the molecule is O=C(CCCC1CCOCC1)Nc1ccc2oc(C(=O)O)cc2c1. The number of anilines is 1. The number of furan rings is 1. The molecule has 3 rings (SSSR count). The van der Waals surface area contributed by atoms with Crippen molar-refractivity contribution in [3.8, 4) is 0 Å². The van der Waals surface area contributed by atoms with Crippen LogP contribution in [0.1, 0.15) is 42.7 Å². The highest BCUT2D eigenvalue weighted by atomic mass is 16.5. The highest BCUT2D eigenvalue weighted by Crippen LogP contribution is 2.24. The Morgan fingerprint density at radius 1 is 1.21 bits per heavy atom. The minimum atomic E-state index is -1.11. The fourth-order valence-corrected chi connectivity index (χ4v) is 3.04. The molecule has 6 nitrogen and oxygen atoms in total. The minimum absolute atomic E-state index is 0.0247. The quantitative estimate of drug-likeness (QED) is 0.843. The molecule has 24 heavy (non-hydrogen) atoms. The summed E-state index contributed by atoms with van der Waals surface area (Å²) in [5.74, 6) is -0.568.